The van der Waals surface area contributed by atoms with Crippen molar-refractivity contribution in [2.75, 3.05) is 26.7 Å². The first-order valence-electron chi connectivity index (χ1n) is 5.39. The first-order valence-corrected chi connectivity index (χ1v) is 5.39. The average Bonchev–Trinajstić information content (AvgIpc) is 2.17. The highest BCUT2D eigenvalue weighted by Crippen LogP contribution is 2.02. The Labute approximate surface area is 87.3 Å². The maximum atomic E-state index is 8.62. The van der Waals surface area contributed by atoms with Gasteiger partial charge in [-0.15, -0.1) is 0 Å². The van der Waals surface area contributed by atoms with Crippen LogP contribution in [-0.2, 0) is 0 Å². The van der Waals surface area contributed by atoms with Crippen molar-refractivity contribution in [2.45, 2.75) is 32.6 Å². The summed E-state index contributed by atoms with van der Waals surface area (Å²) in [6, 6.07) is 2.23. The van der Waals surface area contributed by atoms with Crippen LogP contribution < -0.4 is 0 Å². The molecule has 3 heteroatoms. The number of unbranched alkanes of at least 4 members (excludes halogenated alkanes) is 3. The van der Waals surface area contributed by atoms with E-state index in [2.05, 4.69) is 18.0 Å². The van der Waals surface area contributed by atoms with Gasteiger partial charge in [0.05, 0.1) is 12.0 Å². The second-order valence-corrected chi connectivity index (χ2v) is 3.93. The largest absolute Gasteiger partial charge is 0.396 e. The normalized spacial score (nSPS) is 12.8. The van der Waals surface area contributed by atoms with Crippen LogP contribution in [0.15, 0.2) is 0 Å². The second-order valence-electron chi connectivity index (χ2n) is 3.93. The first-order chi connectivity index (χ1) is 6.70. The van der Waals surface area contributed by atoms with E-state index in [9.17, 15) is 0 Å². The lowest BCUT2D eigenvalue weighted by atomic mass is 10.1. The van der Waals surface area contributed by atoms with Crippen LogP contribution in [0.25, 0.3) is 0 Å². The van der Waals surface area contributed by atoms with Crippen LogP contribution in [0.2, 0.25) is 0 Å². The Morgan fingerprint density at radius 1 is 1.29 bits per heavy atom. The van der Waals surface area contributed by atoms with Crippen LogP contribution in [0, 0.1) is 17.2 Å². The third-order valence-corrected chi connectivity index (χ3v) is 2.25. The second kappa shape index (κ2) is 8.98. The molecule has 14 heavy (non-hydrogen) atoms. The van der Waals surface area contributed by atoms with Gasteiger partial charge >= 0.3 is 0 Å². The molecular weight excluding hydrogens is 176 g/mol. The van der Waals surface area contributed by atoms with E-state index < -0.39 is 0 Å². The monoisotopic (exact) mass is 198 g/mol. The molecule has 0 fully saturated rings. The molecule has 1 N–H and O–H groups in total. The molecule has 0 rings (SSSR count). The molecular formula is C11H22N2O. The SMILES string of the molecule is CC(C#N)CN(C)CCCCCCO. The van der Waals surface area contributed by atoms with Gasteiger partial charge in [-0.05, 0) is 33.4 Å². The predicted molar refractivity (Wildman–Crippen MR) is 57.8 cm³/mol. The number of nitriles is 1. The van der Waals surface area contributed by atoms with Crippen LogP contribution >= 0.6 is 0 Å². The van der Waals surface area contributed by atoms with E-state index >= 15 is 0 Å². The summed E-state index contributed by atoms with van der Waals surface area (Å²) in [7, 11) is 2.06. The molecule has 0 spiro atoms. The fraction of sp³-hybridized carbons (Fsp3) is 0.909. The highest BCUT2D eigenvalue weighted by atomic mass is 16.2. The van der Waals surface area contributed by atoms with Crippen molar-refractivity contribution in [3.8, 4) is 6.07 Å². The van der Waals surface area contributed by atoms with Crippen molar-refractivity contribution in [1.82, 2.24) is 4.90 Å². The number of hydrogen-bond donors (Lipinski definition) is 1. The van der Waals surface area contributed by atoms with Crippen LogP contribution in [0.5, 0.6) is 0 Å². The predicted octanol–water partition coefficient (Wildman–Crippen LogP) is 1.63. The van der Waals surface area contributed by atoms with Crippen molar-refractivity contribution in [1.29, 1.82) is 5.26 Å². The number of nitrogens with zero attached hydrogens (tertiary/aromatic N) is 2. The quantitative estimate of drug-likeness (QED) is 0.603. The van der Waals surface area contributed by atoms with Gasteiger partial charge < -0.3 is 10.0 Å². The van der Waals surface area contributed by atoms with E-state index in [0.717, 1.165) is 32.4 Å². The maximum Gasteiger partial charge on any atom is 0.0666 e. The molecule has 0 heterocycles. The molecule has 3 nitrogen and oxygen atoms in total. The van der Waals surface area contributed by atoms with Crippen molar-refractivity contribution < 1.29 is 5.11 Å². The minimum Gasteiger partial charge on any atom is -0.396 e. The van der Waals surface area contributed by atoms with E-state index in [4.69, 9.17) is 10.4 Å². The van der Waals surface area contributed by atoms with Gasteiger partial charge in [-0.3, -0.25) is 0 Å². The van der Waals surface area contributed by atoms with Gasteiger partial charge in [-0.2, -0.15) is 5.26 Å². The third kappa shape index (κ3) is 8.03. The molecule has 0 bridgehead atoms. The van der Waals surface area contributed by atoms with Gasteiger partial charge in [-0.25, -0.2) is 0 Å². The molecule has 0 aliphatic rings. The minimum atomic E-state index is 0.123. The summed E-state index contributed by atoms with van der Waals surface area (Å²) in [6.07, 6.45) is 4.36. The number of rotatable bonds is 8. The van der Waals surface area contributed by atoms with Crippen LogP contribution in [0.3, 0.4) is 0 Å². The average molecular weight is 198 g/mol. The Hall–Kier alpha value is -0.590. The van der Waals surface area contributed by atoms with Crippen LogP contribution in [0.4, 0.5) is 0 Å². The molecule has 0 radical (unpaired) electrons. The fourth-order valence-corrected chi connectivity index (χ4v) is 1.45. The summed E-state index contributed by atoms with van der Waals surface area (Å²) >= 11 is 0. The van der Waals surface area contributed by atoms with E-state index in [-0.39, 0.29) is 5.92 Å². The fourth-order valence-electron chi connectivity index (χ4n) is 1.45. The topological polar surface area (TPSA) is 47.3 Å². The zero-order valence-corrected chi connectivity index (χ0v) is 9.37. The Kier molecular flexibility index (Phi) is 8.61. The van der Waals surface area contributed by atoms with E-state index in [1.54, 1.807) is 0 Å². The lowest BCUT2D eigenvalue weighted by molar-refractivity contribution is 0.275. The summed E-state index contributed by atoms with van der Waals surface area (Å²) in [5.41, 5.74) is 0. The standard InChI is InChI=1S/C11H22N2O/c1-11(9-12)10-13(2)7-5-3-4-6-8-14/h11,14H,3-8,10H2,1-2H3. The Morgan fingerprint density at radius 3 is 2.50 bits per heavy atom. The van der Waals surface area contributed by atoms with Crippen LogP contribution in [0.1, 0.15) is 32.6 Å². The van der Waals surface area contributed by atoms with Gasteiger partial charge in [0.1, 0.15) is 0 Å². The van der Waals surface area contributed by atoms with Crippen molar-refractivity contribution in [3.63, 3.8) is 0 Å². The summed E-state index contributed by atoms with van der Waals surface area (Å²) in [5.74, 6) is 0.123. The molecule has 0 amide bonds. The first kappa shape index (κ1) is 13.4. The Morgan fingerprint density at radius 2 is 1.93 bits per heavy atom. The highest BCUT2D eigenvalue weighted by Gasteiger charge is 2.03. The van der Waals surface area contributed by atoms with Crippen molar-refractivity contribution in [3.05, 3.63) is 0 Å². The molecule has 1 unspecified atom stereocenters. The van der Waals surface area contributed by atoms with Crippen LogP contribution in [-0.4, -0.2) is 36.8 Å². The molecule has 0 aliphatic carbocycles. The third-order valence-electron chi connectivity index (χ3n) is 2.25. The van der Waals surface area contributed by atoms with E-state index in [1.165, 1.54) is 6.42 Å². The summed E-state index contributed by atoms with van der Waals surface area (Å²) in [4.78, 5) is 2.20. The van der Waals surface area contributed by atoms with Gasteiger partial charge in [-0.1, -0.05) is 12.8 Å². The number of hydrogen-bond acceptors (Lipinski definition) is 3. The molecule has 1 atom stereocenters. The number of aliphatic hydroxyl groups is 1. The molecule has 0 aromatic rings. The zero-order valence-electron chi connectivity index (χ0n) is 9.37. The van der Waals surface area contributed by atoms with Crippen molar-refractivity contribution >= 4 is 0 Å². The number of aliphatic hydroxyl groups excluding tert-OH is 1. The zero-order chi connectivity index (χ0) is 10.8. The van der Waals surface area contributed by atoms with Gasteiger partial charge in [0.25, 0.3) is 0 Å². The smallest absolute Gasteiger partial charge is 0.0666 e. The van der Waals surface area contributed by atoms with E-state index in [0.29, 0.717) is 6.61 Å². The van der Waals surface area contributed by atoms with Crippen molar-refractivity contribution in [2.24, 2.45) is 5.92 Å². The Bertz CT molecular complexity index is 165. The van der Waals surface area contributed by atoms with Gasteiger partial charge in [0, 0.05) is 13.2 Å². The summed E-state index contributed by atoms with van der Waals surface area (Å²) < 4.78 is 0. The summed E-state index contributed by atoms with van der Waals surface area (Å²) in [5, 5.41) is 17.2. The maximum absolute atomic E-state index is 8.62. The summed E-state index contributed by atoms with van der Waals surface area (Å²) in [6.45, 7) is 4.16. The molecule has 0 saturated heterocycles. The molecule has 0 saturated carbocycles. The van der Waals surface area contributed by atoms with E-state index in [1.807, 2.05) is 6.92 Å². The lowest BCUT2D eigenvalue weighted by Crippen LogP contribution is -2.24. The molecule has 0 aliphatic heterocycles. The molecule has 0 aromatic heterocycles. The lowest BCUT2D eigenvalue weighted by Gasteiger charge is -2.17. The molecule has 82 valence electrons. The minimum absolute atomic E-state index is 0.123. The molecule has 0 aromatic carbocycles. The van der Waals surface area contributed by atoms with Gasteiger partial charge in [0.15, 0.2) is 0 Å². The van der Waals surface area contributed by atoms with Gasteiger partial charge in [0.2, 0.25) is 0 Å². The Balaban J connectivity index is 3.27. The highest BCUT2D eigenvalue weighted by molar-refractivity contribution is 4.80.